The molecule has 3 unspecified atom stereocenters. The number of nitrogens with zero attached hydrogens (tertiary/aromatic N) is 2. The predicted molar refractivity (Wildman–Crippen MR) is 78.8 cm³/mol. The lowest BCUT2D eigenvalue weighted by atomic mass is 9.67. The first-order chi connectivity index (χ1) is 8.40. The lowest BCUT2D eigenvalue weighted by Gasteiger charge is -2.50. The Kier molecular flexibility index (Phi) is 4.38. The summed E-state index contributed by atoms with van der Waals surface area (Å²) in [5.41, 5.74) is 0.547. The Bertz CT molecular complexity index is 266. The van der Waals surface area contributed by atoms with Crippen molar-refractivity contribution in [2.45, 2.75) is 53.0 Å². The minimum Gasteiger partial charge on any atom is -0.306 e. The van der Waals surface area contributed by atoms with E-state index in [0.29, 0.717) is 11.5 Å². The van der Waals surface area contributed by atoms with Gasteiger partial charge in [-0.3, -0.25) is 0 Å². The van der Waals surface area contributed by atoms with Gasteiger partial charge in [0.1, 0.15) is 0 Å². The summed E-state index contributed by atoms with van der Waals surface area (Å²) < 4.78 is 0. The maximum atomic E-state index is 2.70. The zero-order valence-corrected chi connectivity index (χ0v) is 13.1. The SMILES string of the molecule is CC1CC(C2(C)CCCN(C(C)C)C2)CN(C)C1. The second-order valence-corrected chi connectivity index (χ2v) is 7.58. The van der Waals surface area contributed by atoms with E-state index in [0.717, 1.165) is 11.8 Å². The molecule has 0 amide bonds. The summed E-state index contributed by atoms with van der Waals surface area (Å²) in [7, 11) is 2.30. The van der Waals surface area contributed by atoms with E-state index in [4.69, 9.17) is 0 Å². The van der Waals surface area contributed by atoms with Crippen molar-refractivity contribution in [3.63, 3.8) is 0 Å². The highest BCUT2D eigenvalue weighted by Gasteiger charge is 2.41. The fraction of sp³-hybridized carbons (Fsp3) is 1.00. The second-order valence-electron chi connectivity index (χ2n) is 7.58. The first-order valence-electron chi connectivity index (χ1n) is 7.83. The molecule has 2 aliphatic rings. The Hall–Kier alpha value is -0.0800. The van der Waals surface area contributed by atoms with Crippen LogP contribution in [0.25, 0.3) is 0 Å². The number of rotatable bonds is 2. The van der Waals surface area contributed by atoms with Crippen molar-refractivity contribution in [1.82, 2.24) is 9.80 Å². The smallest absolute Gasteiger partial charge is 0.00412 e. The maximum Gasteiger partial charge on any atom is 0.00412 e. The van der Waals surface area contributed by atoms with Crippen molar-refractivity contribution in [2.75, 3.05) is 33.2 Å². The molecule has 0 saturated carbocycles. The van der Waals surface area contributed by atoms with E-state index < -0.39 is 0 Å². The first-order valence-corrected chi connectivity index (χ1v) is 7.83. The van der Waals surface area contributed by atoms with Crippen molar-refractivity contribution in [2.24, 2.45) is 17.3 Å². The summed E-state index contributed by atoms with van der Waals surface area (Å²) in [4.78, 5) is 5.25. The summed E-state index contributed by atoms with van der Waals surface area (Å²) in [6, 6.07) is 0.711. The normalized spacial score (nSPS) is 40.3. The highest BCUT2D eigenvalue weighted by Crippen LogP contribution is 2.42. The fourth-order valence-electron chi connectivity index (χ4n) is 4.20. The number of likely N-dealkylation sites (tertiary alicyclic amines) is 2. The molecule has 3 atom stereocenters. The Morgan fingerprint density at radius 2 is 1.94 bits per heavy atom. The molecule has 0 spiro atoms. The zero-order valence-electron chi connectivity index (χ0n) is 13.1. The van der Waals surface area contributed by atoms with Crippen LogP contribution >= 0.6 is 0 Å². The van der Waals surface area contributed by atoms with Crippen LogP contribution in [-0.4, -0.2) is 49.1 Å². The van der Waals surface area contributed by atoms with Gasteiger partial charge in [0.15, 0.2) is 0 Å². The molecule has 2 aliphatic heterocycles. The molecule has 2 nitrogen and oxygen atoms in total. The van der Waals surface area contributed by atoms with Gasteiger partial charge < -0.3 is 9.80 Å². The third-order valence-corrected chi connectivity index (χ3v) is 5.32. The van der Waals surface area contributed by atoms with Crippen molar-refractivity contribution < 1.29 is 0 Å². The van der Waals surface area contributed by atoms with Gasteiger partial charge in [-0.05, 0) is 64.0 Å². The molecule has 0 aliphatic carbocycles. The Labute approximate surface area is 114 Å². The van der Waals surface area contributed by atoms with Gasteiger partial charge in [0.2, 0.25) is 0 Å². The summed E-state index contributed by atoms with van der Waals surface area (Å²) in [6.07, 6.45) is 4.26. The maximum absolute atomic E-state index is 2.70. The summed E-state index contributed by atoms with van der Waals surface area (Å²) in [6.45, 7) is 14.9. The van der Waals surface area contributed by atoms with E-state index in [2.05, 4.69) is 44.5 Å². The lowest BCUT2D eigenvalue weighted by molar-refractivity contribution is -0.00709. The zero-order chi connectivity index (χ0) is 13.3. The number of piperidine rings is 2. The van der Waals surface area contributed by atoms with Gasteiger partial charge in [-0.15, -0.1) is 0 Å². The van der Waals surface area contributed by atoms with Gasteiger partial charge in [-0.1, -0.05) is 13.8 Å². The van der Waals surface area contributed by atoms with Crippen molar-refractivity contribution in [1.29, 1.82) is 0 Å². The van der Waals surface area contributed by atoms with Crippen LogP contribution in [0.5, 0.6) is 0 Å². The average Bonchev–Trinajstić information content (AvgIpc) is 2.27. The molecule has 2 rings (SSSR count). The van der Waals surface area contributed by atoms with Crippen molar-refractivity contribution in [3.05, 3.63) is 0 Å². The molecule has 18 heavy (non-hydrogen) atoms. The summed E-state index contributed by atoms with van der Waals surface area (Å²) in [5, 5.41) is 0. The molecule has 0 N–H and O–H groups in total. The van der Waals surface area contributed by atoms with Gasteiger partial charge >= 0.3 is 0 Å². The Morgan fingerprint density at radius 3 is 2.56 bits per heavy atom. The van der Waals surface area contributed by atoms with Crippen molar-refractivity contribution in [3.8, 4) is 0 Å². The molecule has 0 bridgehead atoms. The highest BCUT2D eigenvalue weighted by atomic mass is 15.2. The van der Waals surface area contributed by atoms with Crippen LogP contribution in [0.1, 0.15) is 47.0 Å². The Balaban J connectivity index is 2.05. The van der Waals surface area contributed by atoms with Gasteiger partial charge in [0, 0.05) is 25.7 Å². The molecule has 2 heteroatoms. The standard InChI is InChI=1S/C16H32N2/c1-13(2)18-8-6-7-16(4,12-18)15-9-14(3)10-17(5)11-15/h13-15H,6-12H2,1-5H3. The third-order valence-electron chi connectivity index (χ3n) is 5.32. The molecule has 2 fully saturated rings. The Morgan fingerprint density at radius 1 is 1.22 bits per heavy atom. The van der Waals surface area contributed by atoms with E-state index in [1.807, 2.05) is 0 Å². The van der Waals surface area contributed by atoms with Crippen molar-refractivity contribution >= 4 is 0 Å². The first kappa shape index (κ1) is 14.3. The van der Waals surface area contributed by atoms with E-state index in [9.17, 15) is 0 Å². The molecule has 0 aromatic heterocycles. The van der Waals surface area contributed by atoms with E-state index in [-0.39, 0.29) is 0 Å². The lowest BCUT2D eigenvalue weighted by Crippen LogP contribution is -2.52. The number of hydrogen-bond acceptors (Lipinski definition) is 2. The molecule has 0 aromatic carbocycles. The third kappa shape index (κ3) is 3.08. The monoisotopic (exact) mass is 252 g/mol. The highest BCUT2D eigenvalue weighted by molar-refractivity contribution is 4.93. The van der Waals surface area contributed by atoms with Crippen LogP contribution < -0.4 is 0 Å². The van der Waals surface area contributed by atoms with Crippen LogP contribution in [0.4, 0.5) is 0 Å². The fourth-order valence-corrected chi connectivity index (χ4v) is 4.20. The van der Waals surface area contributed by atoms with Crippen LogP contribution in [0.15, 0.2) is 0 Å². The molecule has 2 heterocycles. The minimum atomic E-state index is 0.547. The van der Waals surface area contributed by atoms with Gasteiger partial charge in [0.05, 0.1) is 0 Å². The molecular weight excluding hydrogens is 220 g/mol. The predicted octanol–water partition coefficient (Wildman–Crippen LogP) is 3.08. The van der Waals surface area contributed by atoms with E-state index >= 15 is 0 Å². The van der Waals surface area contributed by atoms with Crippen LogP contribution in [0.2, 0.25) is 0 Å². The topological polar surface area (TPSA) is 6.48 Å². The summed E-state index contributed by atoms with van der Waals surface area (Å²) in [5.74, 6) is 1.77. The van der Waals surface area contributed by atoms with Gasteiger partial charge in [-0.25, -0.2) is 0 Å². The minimum absolute atomic E-state index is 0.547. The van der Waals surface area contributed by atoms with Crippen LogP contribution in [0, 0.1) is 17.3 Å². The van der Waals surface area contributed by atoms with E-state index in [1.165, 1.54) is 45.4 Å². The van der Waals surface area contributed by atoms with Crippen LogP contribution in [-0.2, 0) is 0 Å². The largest absolute Gasteiger partial charge is 0.306 e. The van der Waals surface area contributed by atoms with Gasteiger partial charge in [0.25, 0.3) is 0 Å². The summed E-state index contributed by atoms with van der Waals surface area (Å²) >= 11 is 0. The number of hydrogen-bond donors (Lipinski definition) is 0. The average molecular weight is 252 g/mol. The van der Waals surface area contributed by atoms with Crippen LogP contribution in [0.3, 0.4) is 0 Å². The molecule has 2 saturated heterocycles. The second kappa shape index (κ2) is 5.50. The molecular formula is C16H32N2. The molecule has 106 valence electrons. The molecule has 0 aromatic rings. The quantitative estimate of drug-likeness (QED) is 0.745. The van der Waals surface area contributed by atoms with Gasteiger partial charge in [-0.2, -0.15) is 0 Å². The molecule has 0 radical (unpaired) electrons. The van der Waals surface area contributed by atoms with E-state index in [1.54, 1.807) is 0 Å².